The van der Waals surface area contributed by atoms with Crippen LogP contribution >= 0.6 is 11.3 Å². The number of carboxylic acids is 1. The molecule has 9 heteroatoms. The second-order valence-electron chi connectivity index (χ2n) is 6.01. The summed E-state index contributed by atoms with van der Waals surface area (Å²) in [7, 11) is 1.46. The van der Waals surface area contributed by atoms with Crippen LogP contribution in [0.3, 0.4) is 0 Å². The number of nitrogens with zero attached hydrogens (tertiary/aromatic N) is 1. The molecule has 134 valence electrons. The van der Waals surface area contributed by atoms with E-state index in [0.717, 1.165) is 4.88 Å². The Morgan fingerprint density at radius 1 is 1.52 bits per heavy atom. The number of hydrogen-bond acceptors (Lipinski definition) is 6. The number of amides is 2. The molecule has 0 bridgehead atoms. The fourth-order valence-electron chi connectivity index (χ4n) is 3.35. The number of alkyl carbamates (subject to hydrolysis) is 1. The molecule has 2 aliphatic rings. The lowest BCUT2D eigenvalue weighted by Gasteiger charge is -2.44. The number of carbonyl (C=O) groups is 3. The number of aliphatic carboxylic acids is 1. The molecule has 0 saturated carbocycles. The maximum absolute atomic E-state index is 12.2. The van der Waals surface area contributed by atoms with E-state index >= 15 is 0 Å². The highest BCUT2D eigenvalue weighted by Crippen LogP contribution is 2.47. The normalized spacial score (nSPS) is 23.2. The molecule has 0 radical (unpaired) electrons. The number of rotatable bonds is 5. The first-order valence-electron chi connectivity index (χ1n) is 7.75. The minimum absolute atomic E-state index is 0.0246. The molecule has 3 heterocycles. The number of aliphatic hydroxyl groups is 1. The molecule has 3 rings (SSSR count). The number of carboxylic acid groups (broad SMARTS) is 1. The summed E-state index contributed by atoms with van der Waals surface area (Å²) in [5, 5.41) is 23.4. The van der Waals surface area contributed by atoms with Crippen molar-refractivity contribution in [3.05, 3.63) is 27.6 Å². The fourth-order valence-corrected chi connectivity index (χ4v) is 4.16. The second-order valence-corrected chi connectivity index (χ2v) is 7.00. The van der Waals surface area contributed by atoms with Crippen molar-refractivity contribution < 1.29 is 29.3 Å². The van der Waals surface area contributed by atoms with Crippen LogP contribution in [0.1, 0.15) is 23.8 Å². The molecule has 1 aromatic heterocycles. The smallest absolute Gasteiger partial charge is 0.407 e. The van der Waals surface area contributed by atoms with Crippen molar-refractivity contribution in [3.63, 3.8) is 0 Å². The Bertz CT molecular complexity index is 768. The molecule has 2 aliphatic heterocycles. The second kappa shape index (κ2) is 6.49. The van der Waals surface area contributed by atoms with Crippen molar-refractivity contribution in [1.82, 2.24) is 10.2 Å². The zero-order chi connectivity index (χ0) is 18.3. The molecule has 25 heavy (non-hydrogen) atoms. The van der Waals surface area contributed by atoms with Crippen LogP contribution in [0.5, 0.6) is 0 Å². The van der Waals surface area contributed by atoms with E-state index in [1.165, 1.54) is 30.2 Å². The van der Waals surface area contributed by atoms with E-state index in [9.17, 15) is 24.6 Å². The molecule has 3 atom stereocenters. The summed E-state index contributed by atoms with van der Waals surface area (Å²) in [6.45, 7) is 1.62. The lowest BCUT2D eigenvalue weighted by atomic mass is 9.82. The van der Waals surface area contributed by atoms with Crippen molar-refractivity contribution >= 4 is 34.9 Å². The molecule has 0 aromatic carbocycles. The maximum Gasteiger partial charge on any atom is 0.407 e. The van der Waals surface area contributed by atoms with Gasteiger partial charge in [-0.1, -0.05) is 0 Å². The van der Waals surface area contributed by atoms with Gasteiger partial charge >= 0.3 is 12.1 Å². The third-order valence-electron chi connectivity index (χ3n) is 4.48. The topological polar surface area (TPSA) is 116 Å². The van der Waals surface area contributed by atoms with Crippen LogP contribution in [0.2, 0.25) is 0 Å². The van der Waals surface area contributed by atoms with E-state index in [0.29, 0.717) is 17.6 Å². The van der Waals surface area contributed by atoms with Crippen LogP contribution in [0, 0.1) is 5.92 Å². The first-order valence-corrected chi connectivity index (χ1v) is 8.63. The number of ether oxygens (including phenoxy) is 1. The molecular weight excluding hydrogens is 348 g/mol. The highest BCUT2D eigenvalue weighted by atomic mass is 32.1. The zero-order valence-corrected chi connectivity index (χ0v) is 14.5. The minimum atomic E-state index is -1.16. The molecule has 0 spiro atoms. The van der Waals surface area contributed by atoms with E-state index in [1.54, 1.807) is 11.4 Å². The highest BCUT2D eigenvalue weighted by molar-refractivity contribution is 7.10. The van der Waals surface area contributed by atoms with Crippen molar-refractivity contribution in [2.75, 3.05) is 7.05 Å². The Morgan fingerprint density at radius 3 is 2.84 bits per heavy atom. The average Bonchev–Trinajstić information content (AvgIpc) is 3.14. The van der Waals surface area contributed by atoms with E-state index in [-0.39, 0.29) is 24.3 Å². The van der Waals surface area contributed by atoms with Crippen molar-refractivity contribution in [2.24, 2.45) is 5.92 Å². The van der Waals surface area contributed by atoms with Gasteiger partial charge in [-0.2, -0.15) is 0 Å². The van der Waals surface area contributed by atoms with Gasteiger partial charge in [-0.3, -0.25) is 4.79 Å². The van der Waals surface area contributed by atoms with Crippen LogP contribution in [0.15, 0.2) is 17.1 Å². The maximum atomic E-state index is 12.2. The number of carbonyl (C=O) groups excluding carboxylic acids is 2. The van der Waals surface area contributed by atoms with Crippen molar-refractivity contribution in [1.29, 1.82) is 0 Å². The summed E-state index contributed by atoms with van der Waals surface area (Å²) in [6, 6.07) is 1.44. The Labute approximate surface area is 147 Å². The van der Waals surface area contributed by atoms with Crippen LogP contribution in [0.4, 0.5) is 4.79 Å². The summed E-state index contributed by atoms with van der Waals surface area (Å²) in [5.74, 6) is -2.09. The summed E-state index contributed by atoms with van der Waals surface area (Å²) in [5.41, 5.74) is 1.24. The third kappa shape index (κ3) is 2.89. The molecule has 0 unspecified atom stereocenters. The number of aliphatic hydroxyl groups excluding tert-OH is 1. The summed E-state index contributed by atoms with van der Waals surface area (Å²) < 4.78 is 4.98. The number of β-lactam (4-membered cyclic amide) rings is 1. The van der Waals surface area contributed by atoms with Crippen LogP contribution in [-0.4, -0.2) is 52.3 Å². The quantitative estimate of drug-likeness (QED) is 0.670. The van der Waals surface area contributed by atoms with Gasteiger partial charge in [-0.05, 0) is 35.9 Å². The first kappa shape index (κ1) is 17.4. The van der Waals surface area contributed by atoms with E-state index in [1.807, 2.05) is 0 Å². The van der Waals surface area contributed by atoms with Crippen molar-refractivity contribution in [2.45, 2.75) is 32.1 Å². The van der Waals surface area contributed by atoms with Gasteiger partial charge in [0.15, 0.2) is 0 Å². The largest absolute Gasteiger partial charge is 0.477 e. The van der Waals surface area contributed by atoms with E-state index in [2.05, 4.69) is 5.32 Å². The molecule has 8 nitrogen and oxygen atoms in total. The predicted molar refractivity (Wildman–Crippen MR) is 88.5 cm³/mol. The summed E-state index contributed by atoms with van der Waals surface area (Å²) >= 11 is 1.35. The molecular formula is C16H18N2O6S. The molecule has 1 fully saturated rings. The lowest BCUT2D eigenvalue weighted by molar-refractivity contribution is -0.161. The third-order valence-corrected chi connectivity index (χ3v) is 5.39. The average molecular weight is 366 g/mol. The molecule has 3 N–H and O–H groups in total. The monoisotopic (exact) mass is 366 g/mol. The van der Waals surface area contributed by atoms with Gasteiger partial charge < -0.3 is 25.2 Å². The molecule has 0 aliphatic carbocycles. The zero-order valence-electron chi connectivity index (χ0n) is 13.7. The van der Waals surface area contributed by atoms with Crippen LogP contribution < -0.4 is 5.32 Å². The molecule has 1 aromatic rings. The SMILES string of the molecule is CNC(=O)OCc1cc(C2=C(C(=O)O)N3C(=O)[C@H]([C@@H](C)O)[C@H]3C2)cs1. The Balaban J connectivity index is 1.84. The van der Waals surface area contributed by atoms with Gasteiger partial charge in [-0.25, -0.2) is 9.59 Å². The van der Waals surface area contributed by atoms with Gasteiger partial charge in [0.1, 0.15) is 12.3 Å². The minimum Gasteiger partial charge on any atom is -0.477 e. The highest BCUT2D eigenvalue weighted by Gasteiger charge is 2.56. The molecule has 2 amide bonds. The Morgan fingerprint density at radius 2 is 2.24 bits per heavy atom. The Hall–Kier alpha value is -2.39. The number of hydrogen-bond donors (Lipinski definition) is 3. The Kier molecular flexibility index (Phi) is 4.53. The number of nitrogens with one attached hydrogen (secondary N) is 1. The number of fused-ring (bicyclic) bond motifs is 1. The predicted octanol–water partition coefficient (Wildman–Crippen LogP) is 1.01. The lowest BCUT2D eigenvalue weighted by Crippen LogP contribution is -2.61. The van der Waals surface area contributed by atoms with Gasteiger partial charge in [0.05, 0.1) is 18.1 Å². The number of thiophene rings is 1. The summed E-state index contributed by atoms with van der Waals surface area (Å²) in [4.78, 5) is 37.0. The van der Waals surface area contributed by atoms with Crippen LogP contribution in [0.25, 0.3) is 5.57 Å². The van der Waals surface area contributed by atoms with Gasteiger partial charge in [-0.15, -0.1) is 11.3 Å². The van der Waals surface area contributed by atoms with Crippen molar-refractivity contribution in [3.8, 4) is 0 Å². The first-order chi connectivity index (χ1) is 11.8. The standard InChI is InChI=1S/C16H18N2O6S/c1-7(19)12-11-4-10(13(15(21)22)18(11)14(12)20)8-3-9(25-6-8)5-24-16(23)17-2/h3,6-7,11-12,19H,4-5H2,1-2H3,(H,17,23)(H,21,22)/t7-,11-,12-/m1/s1. The summed E-state index contributed by atoms with van der Waals surface area (Å²) in [6.07, 6.45) is -0.979. The van der Waals surface area contributed by atoms with Crippen LogP contribution in [-0.2, 0) is 20.9 Å². The van der Waals surface area contributed by atoms with Gasteiger partial charge in [0, 0.05) is 11.9 Å². The van der Waals surface area contributed by atoms with E-state index < -0.39 is 24.1 Å². The molecule has 1 saturated heterocycles. The van der Waals surface area contributed by atoms with Gasteiger partial charge in [0.2, 0.25) is 5.91 Å². The fraction of sp³-hybridized carbons (Fsp3) is 0.438. The van der Waals surface area contributed by atoms with Gasteiger partial charge in [0.25, 0.3) is 0 Å². The van der Waals surface area contributed by atoms with E-state index in [4.69, 9.17) is 4.74 Å².